The van der Waals surface area contributed by atoms with Gasteiger partial charge in [0.25, 0.3) is 0 Å². The Bertz CT molecular complexity index is 597. The molecule has 1 N–H and O–H groups in total. The topological polar surface area (TPSA) is 55.4 Å². The van der Waals surface area contributed by atoms with Gasteiger partial charge in [-0.05, 0) is 31.9 Å². The number of amides is 1. The van der Waals surface area contributed by atoms with Crippen LogP contribution in [0, 0.1) is 11.7 Å². The van der Waals surface area contributed by atoms with E-state index in [4.69, 9.17) is 16.3 Å². The van der Waals surface area contributed by atoms with Crippen molar-refractivity contribution in [1.29, 1.82) is 0 Å². The molecule has 0 aliphatic rings. The Kier molecular flexibility index (Phi) is 8.56. The van der Waals surface area contributed by atoms with Gasteiger partial charge >= 0.3 is 5.97 Å². The Morgan fingerprint density at radius 3 is 2.50 bits per heavy atom. The molecule has 0 aliphatic carbocycles. The minimum absolute atomic E-state index is 0.0610. The molecule has 7 heteroatoms. The van der Waals surface area contributed by atoms with Crippen molar-refractivity contribution in [2.45, 2.75) is 50.7 Å². The fourth-order valence-corrected chi connectivity index (χ4v) is 3.12. The third-order valence-corrected chi connectivity index (χ3v) is 5.36. The molecule has 1 rings (SSSR count). The van der Waals surface area contributed by atoms with E-state index in [-0.39, 0.29) is 28.5 Å². The maximum absolute atomic E-state index is 14.1. The van der Waals surface area contributed by atoms with Crippen LogP contribution in [-0.2, 0) is 14.3 Å². The van der Waals surface area contributed by atoms with Gasteiger partial charge in [0.15, 0.2) is 0 Å². The summed E-state index contributed by atoms with van der Waals surface area (Å²) in [6.07, 6.45) is 1.20. The molecule has 1 amide bonds. The maximum Gasteiger partial charge on any atom is 0.319 e. The van der Waals surface area contributed by atoms with Gasteiger partial charge in [-0.2, -0.15) is 0 Å². The number of halogens is 2. The number of ether oxygens (including phenoxy) is 1. The van der Waals surface area contributed by atoms with E-state index in [9.17, 15) is 14.0 Å². The second kappa shape index (κ2) is 9.89. The van der Waals surface area contributed by atoms with E-state index in [2.05, 4.69) is 5.32 Å². The predicted molar refractivity (Wildman–Crippen MR) is 96.1 cm³/mol. The summed E-state index contributed by atoms with van der Waals surface area (Å²) in [5, 5.41) is 2.33. The van der Waals surface area contributed by atoms with Crippen LogP contribution in [0.1, 0.15) is 40.5 Å². The van der Waals surface area contributed by atoms with E-state index in [1.165, 1.54) is 17.8 Å². The Balaban J connectivity index is 3.01. The predicted octanol–water partition coefficient (Wildman–Crippen LogP) is 4.90. The van der Waals surface area contributed by atoms with E-state index < -0.39 is 11.1 Å². The monoisotopic (exact) mass is 375 g/mol. The van der Waals surface area contributed by atoms with Gasteiger partial charge in [0, 0.05) is 10.8 Å². The van der Waals surface area contributed by atoms with E-state index in [0.717, 1.165) is 6.07 Å². The van der Waals surface area contributed by atoms with Crippen molar-refractivity contribution in [3.8, 4) is 0 Å². The van der Waals surface area contributed by atoms with Crippen molar-refractivity contribution in [2.24, 2.45) is 5.92 Å². The van der Waals surface area contributed by atoms with E-state index >= 15 is 0 Å². The van der Waals surface area contributed by atoms with Gasteiger partial charge in [-0.3, -0.25) is 9.59 Å². The van der Waals surface area contributed by atoms with Gasteiger partial charge in [-0.25, -0.2) is 4.39 Å². The van der Waals surface area contributed by atoms with Crippen LogP contribution < -0.4 is 5.32 Å². The summed E-state index contributed by atoms with van der Waals surface area (Å²) in [5.41, 5.74) is 0.0610. The Morgan fingerprint density at radius 2 is 1.96 bits per heavy atom. The number of esters is 1. The van der Waals surface area contributed by atoms with Gasteiger partial charge in [-0.1, -0.05) is 32.4 Å². The highest BCUT2D eigenvalue weighted by atomic mass is 35.5. The van der Waals surface area contributed by atoms with Crippen LogP contribution in [-0.4, -0.2) is 23.7 Å². The lowest BCUT2D eigenvalue weighted by molar-refractivity contribution is -0.142. The van der Waals surface area contributed by atoms with E-state index in [1.54, 1.807) is 13.8 Å². The molecule has 0 saturated heterocycles. The largest absolute Gasteiger partial charge is 0.465 e. The average molecular weight is 376 g/mol. The molecule has 0 fully saturated rings. The summed E-state index contributed by atoms with van der Waals surface area (Å²) >= 11 is 7.29. The highest BCUT2D eigenvalue weighted by Crippen LogP contribution is 2.36. The van der Waals surface area contributed by atoms with Gasteiger partial charge in [0.2, 0.25) is 5.91 Å². The Labute approximate surface area is 151 Å². The maximum atomic E-state index is 14.1. The summed E-state index contributed by atoms with van der Waals surface area (Å²) in [6.45, 7) is 7.55. The van der Waals surface area contributed by atoms with Crippen LogP contribution in [0.25, 0.3) is 0 Å². The molecule has 0 spiro atoms. The number of rotatable bonds is 8. The molecule has 1 aromatic rings. The quantitative estimate of drug-likeness (QED) is 0.518. The first-order chi connectivity index (χ1) is 11.3. The summed E-state index contributed by atoms with van der Waals surface area (Å²) in [7, 11) is 0. The van der Waals surface area contributed by atoms with Crippen LogP contribution in [0.4, 0.5) is 10.1 Å². The molecule has 1 aromatic carbocycles. The fraction of sp³-hybridized carbons (Fsp3) is 0.529. The molecule has 0 heterocycles. The molecule has 0 radical (unpaired) electrons. The molecule has 134 valence electrons. The first-order valence-electron chi connectivity index (χ1n) is 7.97. The Hall–Kier alpha value is -1.27. The summed E-state index contributed by atoms with van der Waals surface area (Å²) < 4.78 is 19.1. The summed E-state index contributed by atoms with van der Waals surface area (Å²) in [6, 6.07) is 2.61. The van der Waals surface area contributed by atoms with Crippen molar-refractivity contribution in [1.82, 2.24) is 0 Å². The second-order valence-electron chi connectivity index (χ2n) is 5.33. The zero-order valence-electron chi connectivity index (χ0n) is 14.3. The van der Waals surface area contributed by atoms with Crippen molar-refractivity contribution >= 4 is 40.9 Å². The van der Waals surface area contributed by atoms with Crippen LogP contribution >= 0.6 is 23.4 Å². The third kappa shape index (κ3) is 5.67. The highest BCUT2D eigenvalue weighted by Gasteiger charge is 2.22. The number of nitrogens with one attached hydrogen (secondary N) is 1. The molecule has 2 unspecified atom stereocenters. The lowest BCUT2D eigenvalue weighted by Crippen LogP contribution is -2.21. The molecule has 0 aromatic heterocycles. The lowest BCUT2D eigenvalue weighted by Gasteiger charge is -2.16. The molecular formula is C17H23ClFNO3S. The van der Waals surface area contributed by atoms with Crippen molar-refractivity contribution in [2.75, 3.05) is 11.9 Å². The van der Waals surface area contributed by atoms with Gasteiger partial charge in [0.05, 0.1) is 17.3 Å². The van der Waals surface area contributed by atoms with Crippen LogP contribution in [0.3, 0.4) is 0 Å². The summed E-state index contributed by atoms with van der Waals surface area (Å²) in [5.74, 6) is -1.42. The lowest BCUT2D eigenvalue weighted by atomic mass is 10.1. The van der Waals surface area contributed by atoms with Crippen molar-refractivity contribution in [3.63, 3.8) is 0 Å². The number of hydrogen-bond acceptors (Lipinski definition) is 4. The number of benzene rings is 1. The van der Waals surface area contributed by atoms with Crippen molar-refractivity contribution < 1.29 is 18.7 Å². The number of hydrogen-bond donors (Lipinski definition) is 1. The SMILES string of the molecule is CCOC(=O)C(CC)Sc1cc(NC(=O)C(C)CC)c(F)cc1Cl. The van der Waals surface area contributed by atoms with Gasteiger partial charge < -0.3 is 10.1 Å². The standard InChI is InChI=1S/C17H23ClFNO3S/c1-5-10(4)16(21)20-13-9-15(11(18)8-12(13)19)24-14(6-2)17(22)23-7-3/h8-10,14H,5-7H2,1-4H3,(H,20,21). The normalized spacial score (nSPS) is 13.2. The second-order valence-corrected chi connectivity index (χ2v) is 6.98. The fourth-order valence-electron chi connectivity index (χ4n) is 1.84. The first-order valence-corrected chi connectivity index (χ1v) is 9.22. The minimum Gasteiger partial charge on any atom is -0.465 e. The number of carbonyl (C=O) groups is 2. The van der Waals surface area contributed by atoms with Crippen LogP contribution in [0.5, 0.6) is 0 Å². The minimum atomic E-state index is -0.606. The average Bonchev–Trinajstić information content (AvgIpc) is 2.55. The van der Waals surface area contributed by atoms with E-state index in [0.29, 0.717) is 24.3 Å². The Morgan fingerprint density at radius 1 is 1.29 bits per heavy atom. The number of anilines is 1. The molecule has 24 heavy (non-hydrogen) atoms. The summed E-state index contributed by atoms with van der Waals surface area (Å²) in [4.78, 5) is 24.4. The van der Waals surface area contributed by atoms with Crippen LogP contribution in [0.15, 0.2) is 17.0 Å². The molecule has 0 bridgehead atoms. The van der Waals surface area contributed by atoms with Gasteiger partial charge in [0.1, 0.15) is 11.1 Å². The first kappa shape index (κ1) is 20.8. The molecule has 2 atom stereocenters. The molecular weight excluding hydrogens is 353 g/mol. The number of thioether (sulfide) groups is 1. The van der Waals surface area contributed by atoms with Gasteiger partial charge in [-0.15, -0.1) is 11.8 Å². The van der Waals surface area contributed by atoms with Crippen molar-refractivity contribution in [3.05, 3.63) is 23.0 Å². The van der Waals surface area contributed by atoms with E-state index in [1.807, 2.05) is 13.8 Å². The number of carbonyl (C=O) groups excluding carboxylic acids is 2. The zero-order chi connectivity index (χ0) is 18.3. The zero-order valence-corrected chi connectivity index (χ0v) is 15.9. The smallest absolute Gasteiger partial charge is 0.319 e. The molecule has 0 aliphatic heterocycles. The van der Waals surface area contributed by atoms with Crippen LogP contribution in [0.2, 0.25) is 5.02 Å². The third-order valence-electron chi connectivity index (χ3n) is 3.53. The molecule has 4 nitrogen and oxygen atoms in total. The highest BCUT2D eigenvalue weighted by molar-refractivity contribution is 8.00. The molecule has 0 saturated carbocycles.